The summed E-state index contributed by atoms with van der Waals surface area (Å²) in [7, 11) is 0. The molecule has 5 heteroatoms. The number of carboxylic acid groups (broad SMARTS) is 1. The third kappa shape index (κ3) is 3.17. The largest absolute Gasteiger partial charge is 0.463 e. The molecule has 0 amide bonds. The van der Waals surface area contributed by atoms with Crippen LogP contribution >= 0.6 is 0 Å². The van der Waals surface area contributed by atoms with Gasteiger partial charge in [0.1, 0.15) is 0 Å². The number of unbranched alkanes of at least 4 members (excludes halogenated alkanes) is 1. The van der Waals surface area contributed by atoms with E-state index in [1.165, 1.54) is 6.20 Å². The minimum atomic E-state index is -1.10. The van der Waals surface area contributed by atoms with Gasteiger partial charge in [0.2, 0.25) is 0 Å². The van der Waals surface area contributed by atoms with Crippen LogP contribution in [0.4, 0.5) is 4.79 Å². The first-order valence-corrected chi connectivity index (χ1v) is 7.45. The van der Waals surface area contributed by atoms with Crippen molar-refractivity contribution < 1.29 is 9.90 Å². The van der Waals surface area contributed by atoms with Gasteiger partial charge in [-0.25, -0.2) is 4.79 Å². The summed E-state index contributed by atoms with van der Waals surface area (Å²) in [6.45, 7) is 4.09. The van der Waals surface area contributed by atoms with Crippen LogP contribution in [0.2, 0.25) is 0 Å². The summed E-state index contributed by atoms with van der Waals surface area (Å²) in [5.41, 5.74) is 4.01. The van der Waals surface area contributed by atoms with Crippen molar-refractivity contribution in [2.24, 2.45) is 0 Å². The summed E-state index contributed by atoms with van der Waals surface area (Å²) in [4.78, 5) is 11.1. The molecule has 0 bridgehead atoms. The summed E-state index contributed by atoms with van der Waals surface area (Å²) >= 11 is 0. The molecule has 0 fully saturated rings. The highest BCUT2D eigenvalue weighted by molar-refractivity contribution is 5.73. The Morgan fingerprint density at radius 1 is 1.41 bits per heavy atom. The van der Waals surface area contributed by atoms with Crippen LogP contribution in [0.25, 0.3) is 11.1 Å². The van der Waals surface area contributed by atoms with Crippen LogP contribution in [0.5, 0.6) is 0 Å². The molecule has 1 aromatic heterocycles. The summed E-state index contributed by atoms with van der Waals surface area (Å²) in [5.74, 6) is 0. The second-order valence-corrected chi connectivity index (χ2v) is 5.16. The lowest BCUT2D eigenvalue weighted by atomic mass is 9.97. The molecule has 114 valence electrons. The smallest absolute Gasteiger partial charge is 0.432 e. The quantitative estimate of drug-likeness (QED) is 0.909. The molecule has 0 aliphatic rings. The number of hydrogen-bond donors (Lipinski definition) is 1. The highest BCUT2D eigenvalue weighted by Crippen LogP contribution is 2.26. The van der Waals surface area contributed by atoms with Gasteiger partial charge in [-0.3, -0.25) is 0 Å². The Hall–Kier alpha value is -2.61. The van der Waals surface area contributed by atoms with Gasteiger partial charge in [-0.2, -0.15) is 15.0 Å². The van der Waals surface area contributed by atoms with Crippen LogP contribution in [-0.4, -0.2) is 21.0 Å². The average Bonchev–Trinajstić information content (AvgIpc) is 2.96. The van der Waals surface area contributed by atoms with Crippen molar-refractivity contribution in [1.29, 1.82) is 5.26 Å². The van der Waals surface area contributed by atoms with Gasteiger partial charge in [-0.05, 0) is 36.5 Å². The molecule has 1 heterocycles. The number of nitrogens with zero attached hydrogens (tertiary/aromatic N) is 3. The summed E-state index contributed by atoms with van der Waals surface area (Å²) < 4.78 is 0.945. The molecule has 0 saturated carbocycles. The molecule has 1 aromatic carbocycles. The van der Waals surface area contributed by atoms with Gasteiger partial charge in [-0.15, -0.1) is 0 Å². The second kappa shape index (κ2) is 6.90. The number of benzene rings is 1. The van der Waals surface area contributed by atoms with Crippen LogP contribution in [-0.2, 0) is 12.8 Å². The molecule has 0 radical (unpaired) electrons. The Balaban J connectivity index is 2.50. The fraction of sp³-hybridized carbons (Fsp3) is 0.353. The van der Waals surface area contributed by atoms with E-state index in [-0.39, 0.29) is 0 Å². The third-order valence-electron chi connectivity index (χ3n) is 3.68. The molecule has 0 aliphatic carbocycles. The Bertz CT molecular complexity index is 726. The van der Waals surface area contributed by atoms with Gasteiger partial charge in [0.25, 0.3) is 0 Å². The summed E-state index contributed by atoms with van der Waals surface area (Å²) in [5, 5.41) is 22.5. The molecule has 0 spiro atoms. The van der Waals surface area contributed by atoms with Crippen LogP contribution < -0.4 is 0 Å². The first kappa shape index (κ1) is 15.8. The van der Waals surface area contributed by atoms with E-state index in [2.05, 4.69) is 18.1 Å². The highest BCUT2D eigenvalue weighted by atomic mass is 16.4. The van der Waals surface area contributed by atoms with E-state index in [0.29, 0.717) is 5.56 Å². The summed E-state index contributed by atoms with van der Waals surface area (Å²) in [6, 6.07) is 7.88. The lowest BCUT2D eigenvalue weighted by Crippen LogP contribution is -2.08. The van der Waals surface area contributed by atoms with E-state index >= 15 is 0 Å². The lowest BCUT2D eigenvalue weighted by molar-refractivity contribution is 0.192. The van der Waals surface area contributed by atoms with E-state index in [9.17, 15) is 10.1 Å². The van der Waals surface area contributed by atoms with E-state index in [0.717, 1.165) is 52.7 Å². The number of aromatic nitrogens is 2. The minimum absolute atomic E-state index is 0.629. The molecule has 0 saturated heterocycles. The monoisotopic (exact) mass is 297 g/mol. The standard InChI is InChI=1S/C17H19N3O2/c1-3-5-6-16-15(11-20(19-16)17(21)22)13-8-7-12(4-2)14(9-13)10-18/h7-9,11H,3-6H2,1-2H3,(H,21,22). The molecule has 0 aliphatic heterocycles. The number of aryl methyl sites for hydroxylation is 2. The molecule has 5 nitrogen and oxygen atoms in total. The third-order valence-corrected chi connectivity index (χ3v) is 3.68. The summed E-state index contributed by atoms with van der Waals surface area (Å²) in [6.07, 6.45) is 3.90. The maximum atomic E-state index is 11.1. The fourth-order valence-corrected chi connectivity index (χ4v) is 2.43. The van der Waals surface area contributed by atoms with E-state index in [1.54, 1.807) is 0 Å². The Labute approximate surface area is 129 Å². The van der Waals surface area contributed by atoms with Gasteiger partial charge in [0.05, 0.1) is 17.3 Å². The van der Waals surface area contributed by atoms with E-state index in [1.807, 2.05) is 25.1 Å². The molecule has 1 N–H and O–H groups in total. The van der Waals surface area contributed by atoms with Gasteiger partial charge < -0.3 is 5.11 Å². The average molecular weight is 297 g/mol. The van der Waals surface area contributed by atoms with E-state index in [4.69, 9.17) is 5.11 Å². The van der Waals surface area contributed by atoms with Gasteiger partial charge in [0.15, 0.2) is 0 Å². The maximum Gasteiger partial charge on any atom is 0.432 e. The minimum Gasteiger partial charge on any atom is -0.463 e. The predicted molar refractivity (Wildman–Crippen MR) is 83.8 cm³/mol. The fourth-order valence-electron chi connectivity index (χ4n) is 2.43. The van der Waals surface area contributed by atoms with Crippen LogP contribution in [0.3, 0.4) is 0 Å². The van der Waals surface area contributed by atoms with Crippen LogP contribution in [0.1, 0.15) is 43.5 Å². The van der Waals surface area contributed by atoms with Crippen molar-refractivity contribution >= 4 is 6.09 Å². The van der Waals surface area contributed by atoms with Crippen LogP contribution in [0.15, 0.2) is 24.4 Å². The zero-order chi connectivity index (χ0) is 16.1. The van der Waals surface area contributed by atoms with Crippen molar-refractivity contribution in [2.75, 3.05) is 0 Å². The Kier molecular flexibility index (Phi) is 4.95. The number of rotatable bonds is 5. The van der Waals surface area contributed by atoms with E-state index < -0.39 is 6.09 Å². The van der Waals surface area contributed by atoms with Crippen LogP contribution in [0, 0.1) is 11.3 Å². The second-order valence-electron chi connectivity index (χ2n) is 5.16. The van der Waals surface area contributed by atoms with Gasteiger partial charge in [0, 0.05) is 11.8 Å². The molecular formula is C17H19N3O2. The highest BCUT2D eigenvalue weighted by Gasteiger charge is 2.15. The van der Waals surface area contributed by atoms with Crippen molar-refractivity contribution in [1.82, 2.24) is 9.78 Å². The van der Waals surface area contributed by atoms with Gasteiger partial charge >= 0.3 is 6.09 Å². The number of hydrogen-bond acceptors (Lipinski definition) is 3. The number of nitriles is 1. The molecule has 0 unspecified atom stereocenters. The Morgan fingerprint density at radius 2 is 2.18 bits per heavy atom. The van der Waals surface area contributed by atoms with Crippen molar-refractivity contribution in [3.05, 3.63) is 41.2 Å². The maximum absolute atomic E-state index is 11.1. The normalized spacial score (nSPS) is 10.4. The first-order chi connectivity index (χ1) is 10.6. The molecule has 22 heavy (non-hydrogen) atoms. The zero-order valence-electron chi connectivity index (χ0n) is 12.8. The SMILES string of the molecule is CCCCc1nn(C(=O)O)cc1-c1ccc(CC)c(C#N)c1. The zero-order valence-corrected chi connectivity index (χ0v) is 12.8. The number of carbonyl (C=O) groups is 1. The predicted octanol–water partition coefficient (Wildman–Crippen LogP) is 3.85. The van der Waals surface area contributed by atoms with Gasteiger partial charge in [-0.1, -0.05) is 32.4 Å². The van der Waals surface area contributed by atoms with Crippen molar-refractivity contribution in [3.63, 3.8) is 0 Å². The first-order valence-electron chi connectivity index (χ1n) is 7.45. The lowest BCUT2D eigenvalue weighted by Gasteiger charge is -2.05. The molecule has 0 atom stereocenters. The topological polar surface area (TPSA) is 78.9 Å². The van der Waals surface area contributed by atoms with Crippen molar-refractivity contribution in [2.45, 2.75) is 39.5 Å². The Morgan fingerprint density at radius 3 is 2.77 bits per heavy atom. The molecule has 2 rings (SSSR count). The molecule has 2 aromatic rings. The molecular weight excluding hydrogens is 278 g/mol. The van der Waals surface area contributed by atoms with Crippen molar-refractivity contribution in [3.8, 4) is 17.2 Å².